The van der Waals surface area contributed by atoms with Crippen molar-refractivity contribution in [3.05, 3.63) is 0 Å². The van der Waals surface area contributed by atoms with Gasteiger partial charge in [-0.15, -0.1) is 0 Å². The molecule has 0 aliphatic rings. The van der Waals surface area contributed by atoms with Crippen molar-refractivity contribution < 1.29 is 19.3 Å². The molecule has 0 saturated heterocycles. The summed E-state index contributed by atoms with van der Waals surface area (Å²) in [5.74, 6) is 9.97. The molecule has 0 aromatic heterocycles. The molecule has 0 aromatic carbocycles. The van der Waals surface area contributed by atoms with E-state index in [0.717, 1.165) is 19.6 Å². The molecular weight excluding hydrogens is 186 g/mol. The van der Waals surface area contributed by atoms with Crippen molar-refractivity contribution in [1.29, 1.82) is 0 Å². The normalized spacial score (nSPS) is 12.0. The summed E-state index contributed by atoms with van der Waals surface area (Å²) in [7, 11) is 0. The Morgan fingerprint density at radius 1 is 1.07 bits per heavy atom. The maximum absolute atomic E-state index is 8.97. The molecule has 0 radical (unpaired) electrons. The Labute approximate surface area is 84.9 Å². The molecule has 86 valence electrons. The summed E-state index contributed by atoms with van der Waals surface area (Å²) in [5, 5.41) is 8.97. The van der Waals surface area contributed by atoms with E-state index >= 15 is 0 Å². The van der Waals surface area contributed by atoms with Crippen LogP contribution in [0.1, 0.15) is 6.92 Å². The number of quaternary nitrogens is 1. The third-order valence-electron chi connectivity index (χ3n) is 2.61. The maximum Gasteiger partial charge on any atom is 0.117 e. The lowest BCUT2D eigenvalue weighted by Gasteiger charge is -2.36. The SMILES string of the molecule is CC[N+](CCO)(CCON)CCON. The van der Waals surface area contributed by atoms with E-state index in [4.69, 9.17) is 16.9 Å². The molecule has 0 bridgehead atoms. The Kier molecular flexibility index (Phi) is 7.96. The average molecular weight is 208 g/mol. The van der Waals surface area contributed by atoms with Crippen LogP contribution in [0.25, 0.3) is 0 Å². The van der Waals surface area contributed by atoms with Gasteiger partial charge in [0.25, 0.3) is 0 Å². The fourth-order valence-electron chi connectivity index (χ4n) is 1.51. The Bertz CT molecular complexity index is 127. The van der Waals surface area contributed by atoms with E-state index in [1.54, 1.807) is 0 Å². The lowest BCUT2D eigenvalue weighted by atomic mass is 10.3. The first kappa shape index (κ1) is 13.8. The average Bonchev–Trinajstić information content (AvgIpc) is 2.22. The molecule has 0 rings (SSSR count). The monoisotopic (exact) mass is 208 g/mol. The van der Waals surface area contributed by atoms with Crippen molar-refractivity contribution in [2.24, 2.45) is 11.8 Å². The molecule has 6 heteroatoms. The zero-order chi connectivity index (χ0) is 10.9. The summed E-state index contributed by atoms with van der Waals surface area (Å²) in [6, 6.07) is 0. The smallest absolute Gasteiger partial charge is 0.117 e. The van der Waals surface area contributed by atoms with Gasteiger partial charge in [0.15, 0.2) is 0 Å². The van der Waals surface area contributed by atoms with Crippen molar-refractivity contribution in [2.75, 3.05) is 46.0 Å². The summed E-state index contributed by atoms with van der Waals surface area (Å²) in [4.78, 5) is 9.11. The summed E-state index contributed by atoms with van der Waals surface area (Å²) in [6.07, 6.45) is 0. The lowest BCUT2D eigenvalue weighted by molar-refractivity contribution is -0.927. The molecule has 6 nitrogen and oxygen atoms in total. The van der Waals surface area contributed by atoms with Gasteiger partial charge in [-0.25, -0.2) is 11.8 Å². The van der Waals surface area contributed by atoms with Crippen molar-refractivity contribution in [1.82, 2.24) is 0 Å². The van der Waals surface area contributed by atoms with Gasteiger partial charge < -0.3 is 9.59 Å². The Balaban J connectivity index is 4.11. The highest BCUT2D eigenvalue weighted by Crippen LogP contribution is 2.05. The number of nitrogens with zero attached hydrogens (tertiary/aromatic N) is 1. The molecule has 5 N–H and O–H groups in total. The van der Waals surface area contributed by atoms with Crippen LogP contribution < -0.4 is 11.8 Å². The van der Waals surface area contributed by atoms with E-state index in [1.807, 2.05) is 0 Å². The zero-order valence-electron chi connectivity index (χ0n) is 8.82. The van der Waals surface area contributed by atoms with Crippen molar-refractivity contribution in [3.63, 3.8) is 0 Å². The van der Waals surface area contributed by atoms with Crippen LogP contribution in [-0.4, -0.2) is 55.6 Å². The van der Waals surface area contributed by atoms with E-state index < -0.39 is 0 Å². The minimum atomic E-state index is 0.142. The van der Waals surface area contributed by atoms with E-state index in [1.165, 1.54) is 0 Å². The van der Waals surface area contributed by atoms with Crippen molar-refractivity contribution in [3.8, 4) is 0 Å². The van der Waals surface area contributed by atoms with Crippen LogP contribution in [0.5, 0.6) is 0 Å². The molecule has 0 aromatic rings. The zero-order valence-corrected chi connectivity index (χ0v) is 8.82. The van der Waals surface area contributed by atoms with Crippen LogP contribution in [0.4, 0.5) is 0 Å². The van der Waals surface area contributed by atoms with E-state index in [-0.39, 0.29) is 6.61 Å². The number of nitrogens with two attached hydrogens (primary N) is 2. The number of rotatable bonds is 9. The summed E-state index contributed by atoms with van der Waals surface area (Å²) in [5.41, 5.74) is 0. The minimum Gasteiger partial charge on any atom is -0.391 e. The molecular formula is C8H22N3O3+. The second-order valence-electron chi connectivity index (χ2n) is 3.29. The van der Waals surface area contributed by atoms with Gasteiger partial charge in [0.2, 0.25) is 0 Å². The van der Waals surface area contributed by atoms with Gasteiger partial charge in [-0.1, -0.05) is 0 Å². The molecule has 0 amide bonds. The van der Waals surface area contributed by atoms with Crippen LogP contribution in [-0.2, 0) is 9.68 Å². The fraction of sp³-hybridized carbons (Fsp3) is 1.00. The fourth-order valence-corrected chi connectivity index (χ4v) is 1.51. The third kappa shape index (κ3) is 4.85. The molecule has 0 unspecified atom stereocenters. The topological polar surface area (TPSA) is 90.7 Å². The molecule has 0 fully saturated rings. The van der Waals surface area contributed by atoms with Crippen LogP contribution in [0.15, 0.2) is 0 Å². The Morgan fingerprint density at radius 3 is 1.86 bits per heavy atom. The second kappa shape index (κ2) is 8.10. The summed E-state index contributed by atoms with van der Waals surface area (Å²) < 4.78 is 0.713. The van der Waals surface area contributed by atoms with Gasteiger partial charge in [0.1, 0.15) is 32.8 Å². The first-order valence-electron chi connectivity index (χ1n) is 4.84. The van der Waals surface area contributed by atoms with Gasteiger partial charge in [-0.2, -0.15) is 0 Å². The van der Waals surface area contributed by atoms with Crippen LogP contribution >= 0.6 is 0 Å². The number of aliphatic hydroxyl groups excluding tert-OH is 1. The van der Waals surface area contributed by atoms with Gasteiger partial charge >= 0.3 is 0 Å². The van der Waals surface area contributed by atoms with E-state index in [2.05, 4.69) is 16.6 Å². The number of hydrogen-bond acceptors (Lipinski definition) is 5. The van der Waals surface area contributed by atoms with Gasteiger partial charge in [-0.3, -0.25) is 9.68 Å². The molecule has 0 atom stereocenters. The second-order valence-corrected chi connectivity index (χ2v) is 3.29. The van der Waals surface area contributed by atoms with Crippen LogP contribution in [0, 0.1) is 0 Å². The van der Waals surface area contributed by atoms with Crippen LogP contribution in [0.3, 0.4) is 0 Å². The van der Waals surface area contributed by atoms with Crippen molar-refractivity contribution in [2.45, 2.75) is 6.92 Å². The lowest BCUT2D eigenvalue weighted by Crippen LogP contribution is -2.53. The summed E-state index contributed by atoms with van der Waals surface area (Å²) in [6.45, 7) is 6.23. The molecule has 0 aliphatic heterocycles. The van der Waals surface area contributed by atoms with Crippen molar-refractivity contribution >= 4 is 0 Å². The highest BCUT2D eigenvalue weighted by atomic mass is 16.6. The summed E-state index contributed by atoms with van der Waals surface area (Å²) >= 11 is 0. The Morgan fingerprint density at radius 2 is 1.57 bits per heavy atom. The molecule has 0 spiro atoms. The van der Waals surface area contributed by atoms with Crippen LogP contribution in [0.2, 0.25) is 0 Å². The van der Waals surface area contributed by atoms with Gasteiger partial charge in [-0.05, 0) is 6.92 Å². The molecule has 0 aliphatic carbocycles. The highest BCUT2D eigenvalue weighted by Gasteiger charge is 2.24. The van der Waals surface area contributed by atoms with E-state index in [0.29, 0.717) is 24.2 Å². The standard InChI is InChI=1S/C8H22N3O3/c1-2-11(3-6-12,4-7-13-9)5-8-14-10/h12H,2-10H2,1H3/q+1. The number of likely N-dealkylation sites (N-methyl/N-ethyl adjacent to an activating group) is 1. The highest BCUT2D eigenvalue weighted by molar-refractivity contribution is 4.42. The predicted molar refractivity (Wildman–Crippen MR) is 52.8 cm³/mol. The first-order valence-corrected chi connectivity index (χ1v) is 4.84. The minimum absolute atomic E-state index is 0.142. The molecule has 14 heavy (non-hydrogen) atoms. The molecule has 0 saturated carbocycles. The largest absolute Gasteiger partial charge is 0.391 e. The predicted octanol–water partition coefficient (Wildman–Crippen LogP) is -1.40. The van der Waals surface area contributed by atoms with Gasteiger partial charge in [0.05, 0.1) is 13.2 Å². The third-order valence-corrected chi connectivity index (χ3v) is 2.61. The number of aliphatic hydroxyl groups is 1. The van der Waals surface area contributed by atoms with E-state index in [9.17, 15) is 0 Å². The molecule has 0 heterocycles. The first-order chi connectivity index (χ1) is 6.74. The number of hydrogen-bond donors (Lipinski definition) is 3. The quantitative estimate of drug-likeness (QED) is 0.320. The Hall–Kier alpha value is -0.240. The maximum atomic E-state index is 8.97. The van der Waals surface area contributed by atoms with Gasteiger partial charge in [0, 0.05) is 0 Å².